The Morgan fingerprint density at radius 1 is 1.33 bits per heavy atom. The summed E-state index contributed by atoms with van der Waals surface area (Å²) in [5.74, 6) is 0.269. The second-order valence-corrected chi connectivity index (χ2v) is 5.50. The molecule has 21 heavy (non-hydrogen) atoms. The third-order valence-corrected chi connectivity index (χ3v) is 3.83. The van der Waals surface area contributed by atoms with Crippen LogP contribution in [-0.4, -0.2) is 26.6 Å². The third kappa shape index (κ3) is 3.26. The van der Waals surface area contributed by atoms with Crippen LogP contribution in [0.3, 0.4) is 0 Å². The molecule has 6 heteroatoms. The summed E-state index contributed by atoms with van der Waals surface area (Å²) in [5, 5.41) is 12.8. The number of nitrogens with one attached hydrogen (secondary N) is 1. The molecule has 1 N–H and O–H groups in total. The van der Waals surface area contributed by atoms with Gasteiger partial charge in [-0.05, 0) is 37.3 Å². The van der Waals surface area contributed by atoms with Crippen molar-refractivity contribution in [1.29, 1.82) is 0 Å². The van der Waals surface area contributed by atoms with Gasteiger partial charge in [-0.1, -0.05) is 25.5 Å². The van der Waals surface area contributed by atoms with E-state index in [1.807, 2.05) is 24.3 Å². The monoisotopic (exact) mass is 285 g/mol. The van der Waals surface area contributed by atoms with Gasteiger partial charge in [0.15, 0.2) is 0 Å². The molecular weight excluding hydrogens is 266 g/mol. The molecule has 0 spiro atoms. The Labute approximate surface area is 123 Å². The Hall–Kier alpha value is -2.24. The molecule has 0 radical (unpaired) electrons. The molecule has 110 valence electrons. The Balaban J connectivity index is 1.62. The van der Waals surface area contributed by atoms with Crippen molar-refractivity contribution in [2.24, 2.45) is 11.0 Å². The van der Waals surface area contributed by atoms with Crippen molar-refractivity contribution >= 4 is 22.7 Å². The second-order valence-electron chi connectivity index (χ2n) is 5.50. The Bertz CT molecular complexity index is 643. The number of carbonyl (C=O) groups is 1. The normalized spacial score (nSPS) is 20.8. The summed E-state index contributed by atoms with van der Waals surface area (Å²) in [6.45, 7) is 2.24. The van der Waals surface area contributed by atoms with E-state index in [0.717, 1.165) is 36.0 Å². The first-order valence-corrected chi connectivity index (χ1v) is 7.37. The molecule has 1 aromatic heterocycles. The van der Waals surface area contributed by atoms with Crippen molar-refractivity contribution in [3.05, 3.63) is 24.3 Å². The lowest BCUT2D eigenvalue weighted by Gasteiger charge is -2.19. The van der Waals surface area contributed by atoms with Crippen LogP contribution in [0.4, 0.5) is 0 Å². The highest BCUT2D eigenvalue weighted by atomic mass is 16.2. The molecule has 0 aliphatic heterocycles. The Kier molecular flexibility index (Phi) is 3.94. The fraction of sp³-hybridized carbons (Fsp3) is 0.467. The molecule has 1 fully saturated rings. The predicted octanol–water partition coefficient (Wildman–Crippen LogP) is 2.11. The van der Waals surface area contributed by atoms with Crippen molar-refractivity contribution in [3.63, 3.8) is 0 Å². The van der Waals surface area contributed by atoms with Gasteiger partial charge in [0, 0.05) is 5.71 Å². The van der Waals surface area contributed by atoms with Gasteiger partial charge in [-0.15, -0.1) is 0 Å². The van der Waals surface area contributed by atoms with E-state index >= 15 is 0 Å². The molecule has 3 rings (SSSR count). The van der Waals surface area contributed by atoms with E-state index in [1.54, 1.807) is 0 Å². The SMILES string of the molecule is CC1CCCC/C1=N\NC(=O)Cn1nc2ccccc2n1. The van der Waals surface area contributed by atoms with Gasteiger partial charge in [-0.3, -0.25) is 4.79 Å². The molecule has 1 heterocycles. The number of rotatable bonds is 3. The number of aromatic nitrogens is 3. The summed E-state index contributed by atoms with van der Waals surface area (Å²) in [6.07, 6.45) is 4.54. The van der Waals surface area contributed by atoms with Crippen LogP contribution in [0, 0.1) is 5.92 Å². The van der Waals surface area contributed by atoms with Crippen LogP contribution in [0.5, 0.6) is 0 Å². The maximum atomic E-state index is 11.9. The standard InChI is InChI=1S/C15H19N5O/c1-11-6-2-3-7-12(11)16-17-15(21)10-20-18-13-8-4-5-9-14(13)19-20/h4-5,8-9,11H,2-3,6-7,10H2,1H3,(H,17,21)/b16-12+. The molecule has 2 aromatic rings. The van der Waals surface area contributed by atoms with Crippen molar-refractivity contribution in [2.75, 3.05) is 0 Å². The highest BCUT2D eigenvalue weighted by molar-refractivity contribution is 5.88. The fourth-order valence-corrected chi connectivity index (χ4v) is 2.61. The Morgan fingerprint density at radius 3 is 2.71 bits per heavy atom. The lowest BCUT2D eigenvalue weighted by molar-refractivity contribution is -0.122. The predicted molar refractivity (Wildman–Crippen MR) is 80.7 cm³/mol. The summed E-state index contributed by atoms with van der Waals surface area (Å²) in [4.78, 5) is 13.3. The average Bonchev–Trinajstić information content (AvgIpc) is 2.88. The van der Waals surface area contributed by atoms with Gasteiger partial charge < -0.3 is 0 Å². The number of hydrogen-bond acceptors (Lipinski definition) is 4. The lowest BCUT2D eigenvalue weighted by Crippen LogP contribution is -2.27. The van der Waals surface area contributed by atoms with E-state index in [2.05, 4.69) is 27.6 Å². The van der Waals surface area contributed by atoms with Gasteiger partial charge >= 0.3 is 0 Å². The summed E-state index contributed by atoms with van der Waals surface area (Å²) in [6, 6.07) is 7.55. The highest BCUT2D eigenvalue weighted by Crippen LogP contribution is 2.20. The number of hydrogen-bond donors (Lipinski definition) is 1. The number of carbonyl (C=O) groups excluding carboxylic acids is 1. The van der Waals surface area contributed by atoms with Gasteiger partial charge in [0.2, 0.25) is 0 Å². The second kappa shape index (κ2) is 6.03. The van der Waals surface area contributed by atoms with Gasteiger partial charge in [0.25, 0.3) is 5.91 Å². The van der Waals surface area contributed by atoms with Crippen LogP contribution in [0.25, 0.3) is 11.0 Å². The zero-order chi connectivity index (χ0) is 14.7. The quantitative estimate of drug-likeness (QED) is 0.878. The largest absolute Gasteiger partial charge is 0.271 e. The molecule has 1 aliphatic carbocycles. The summed E-state index contributed by atoms with van der Waals surface area (Å²) >= 11 is 0. The van der Waals surface area contributed by atoms with E-state index in [0.29, 0.717) is 5.92 Å². The molecule has 6 nitrogen and oxygen atoms in total. The molecule has 1 unspecified atom stereocenters. The third-order valence-electron chi connectivity index (χ3n) is 3.83. The minimum Gasteiger partial charge on any atom is -0.271 e. The van der Waals surface area contributed by atoms with Gasteiger partial charge in [-0.25, -0.2) is 5.43 Å². The molecule has 1 amide bonds. The molecule has 0 saturated heterocycles. The topological polar surface area (TPSA) is 72.2 Å². The minimum absolute atomic E-state index is 0.0832. The molecule has 1 atom stereocenters. The van der Waals surface area contributed by atoms with Gasteiger partial charge in [0.1, 0.15) is 17.6 Å². The lowest BCUT2D eigenvalue weighted by atomic mass is 9.89. The van der Waals surface area contributed by atoms with Crippen LogP contribution in [0.2, 0.25) is 0 Å². The summed E-state index contributed by atoms with van der Waals surface area (Å²) < 4.78 is 0. The minimum atomic E-state index is -0.194. The van der Waals surface area contributed by atoms with Crippen LogP contribution in [0.15, 0.2) is 29.4 Å². The van der Waals surface area contributed by atoms with Crippen molar-refractivity contribution in [1.82, 2.24) is 20.4 Å². The first-order chi connectivity index (χ1) is 10.2. The highest BCUT2D eigenvalue weighted by Gasteiger charge is 2.16. The molecular formula is C15H19N5O. The average molecular weight is 285 g/mol. The smallest absolute Gasteiger partial charge is 0.263 e. The fourth-order valence-electron chi connectivity index (χ4n) is 2.61. The first kappa shape index (κ1) is 13.7. The van der Waals surface area contributed by atoms with Crippen LogP contribution in [0.1, 0.15) is 32.6 Å². The van der Waals surface area contributed by atoms with E-state index < -0.39 is 0 Å². The summed E-state index contributed by atoms with van der Waals surface area (Å²) in [7, 11) is 0. The van der Waals surface area contributed by atoms with Crippen LogP contribution >= 0.6 is 0 Å². The van der Waals surface area contributed by atoms with Crippen LogP contribution in [-0.2, 0) is 11.3 Å². The first-order valence-electron chi connectivity index (χ1n) is 7.37. The van der Waals surface area contributed by atoms with E-state index in [-0.39, 0.29) is 12.5 Å². The van der Waals surface area contributed by atoms with Crippen LogP contribution < -0.4 is 5.43 Å². The zero-order valence-corrected chi connectivity index (χ0v) is 12.1. The van der Waals surface area contributed by atoms with E-state index in [4.69, 9.17) is 0 Å². The van der Waals surface area contributed by atoms with E-state index in [1.165, 1.54) is 11.2 Å². The van der Waals surface area contributed by atoms with Crippen molar-refractivity contribution in [3.8, 4) is 0 Å². The van der Waals surface area contributed by atoms with Crippen molar-refractivity contribution in [2.45, 2.75) is 39.2 Å². The molecule has 1 aliphatic rings. The maximum absolute atomic E-state index is 11.9. The van der Waals surface area contributed by atoms with E-state index in [9.17, 15) is 4.79 Å². The number of nitrogens with zero attached hydrogens (tertiary/aromatic N) is 4. The van der Waals surface area contributed by atoms with Crippen molar-refractivity contribution < 1.29 is 4.79 Å². The number of hydrazone groups is 1. The zero-order valence-electron chi connectivity index (χ0n) is 12.1. The number of benzene rings is 1. The summed E-state index contributed by atoms with van der Waals surface area (Å²) in [5.41, 5.74) is 5.29. The molecule has 0 bridgehead atoms. The molecule has 1 aromatic carbocycles. The molecule has 1 saturated carbocycles. The van der Waals surface area contributed by atoms with Gasteiger partial charge in [-0.2, -0.15) is 20.1 Å². The number of fused-ring (bicyclic) bond motifs is 1. The maximum Gasteiger partial charge on any atom is 0.263 e. The Morgan fingerprint density at radius 2 is 2.05 bits per heavy atom. The van der Waals surface area contributed by atoms with Gasteiger partial charge in [0.05, 0.1) is 0 Å². The number of amides is 1.